The summed E-state index contributed by atoms with van der Waals surface area (Å²) < 4.78 is 5.74. The van der Waals surface area contributed by atoms with E-state index >= 15 is 0 Å². The number of thiazole rings is 1. The Labute approximate surface area is 147 Å². The summed E-state index contributed by atoms with van der Waals surface area (Å²) in [6.45, 7) is 6.40. The molecule has 0 saturated carbocycles. The van der Waals surface area contributed by atoms with Crippen LogP contribution in [0.3, 0.4) is 0 Å². The summed E-state index contributed by atoms with van der Waals surface area (Å²) in [6, 6.07) is 7.92. The van der Waals surface area contributed by atoms with Crippen LogP contribution in [0.1, 0.15) is 28.0 Å². The lowest BCUT2D eigenvalue weighted by Gasteiger charge is -2.20. The van der Waals surface area contributed by atoms with Crippen molar-refractivity contribution in [3.05, 3.63) is 45.9 Å². The lowest BCUT2D eigenvalue weighted by molar-refractivity contribution is 0.0734. The molecule has 24 heavy (non-hydrogen) atoms. The molecular formula is C18H25N3O2S. The average Bonchev–Trinajstić information content (AvgIpc) is 2.99. The number of hydrogen-bond donors (Lipinski definition) is 0. The van der Waals surface area contributed by atoms with E-state index in [9.17, 15) is 4.79 Å². The molecule has 1 aromatic heterocycles. The summed E-state index contributed by atoms with van der Waals surface area (Å²) in [4.78, 5) is 20.8. The van der Waals surface area contributed by atoms with Gasteiger partial charge < -0.3 is 14.5 Å². The summed E-state index contributed by atoms with van der Waals surface area (Å²) in [6.07, 6.45) is 0. The van der Waals surface area contributed by atoms with Gasteiger partial charge in [-0.2, -0.15) is 0 Å². The van der Waals surface area contributed by atoms with Crippen LogP contribution in [0.25, 0.3) is 0 Å². The summed E-state index contributed by atoms with van der Waals surface area (Å²) in [5.74, 6) is 0.798. The van der Waals surface area contributed by atoms with Gasteiger partial charge in [0.15, 0.2) is 0 Å². The Morgan fingerprint density at radius 1 is 1.33 bits per heavy atom. The number of aromatic nitrogens is 1. The van der Waals surface area contributed by atoms with Crippen LogP contribution in [-0.4, -0.2) is 54.5 Å². The highest BCUT2D eigenvalue weighted by Crippen LogP contribution is 2.14. The van der Waals surface area contributed by atoms with Crippen molar-refractivity contribution in [3.8, 4) is 5.75 Å². The minimum Gasteiger partial charge on any atom is -0.492 e. The maximum atomic E-state index is 12.6. The average molecular weight is 347 g/mol. The maximum Gasteiger partial charge on any atom is 0.273 e. The van der Waals surface area contributed by atoms with Crippen molar-refractivity contribution in [2.24, 2.45) is 0 Å². The predicted molar refractivity (Wildman–Crippen MR) is 97.8 cm³/mol. The van der Waals surface area contributed by atoms with Gasteiger partial charge in [0.2, 0.25) is 0 Å². The highest BCUT2D eigenvalue weighted by molar-refractivity contribution is 7.09. The van der Waals surface area contributed by atoms with E-state index in [4.69, 9.17) is 4.74 Å². The standard InChI is InChI=1S/C18H25N3O2S/c1-5-21(9-10-23-15-8-6-7-14(2)11-15)18(22)16-13-24-17(19-16)12-20(3)4/h6-8,11,13H,5,9-10,12H2,1-4H3. The summed E-state index contributed by atoms with van der Waals surface area (Å²) in [7, 11) is 3.98. The Balaban J connectivity index is 1.90. The predicted octanol–water partition coefficient (Wildman–Crippen LogP) is 3.05. The van der Waals surface area contributed by atoms with Crippen molar-refractivity contribution >= 4 is 17.2 Å². The van der Waals surface area contributed by atoms with Gasteiger partial charge in [0.1, 0.15) is 23.1 Å². The number of amides is 1. The normalized spacial score (nSPS) is 10.9. The third-order valence-electron chi connectivity index (χ3n) is 3.51. The fourth-order valence-corrected chi connectivity index (χ4v) is 3.18. The molecule has 130 valence electrons. The van der Waals surface area contributed by atoms with E-state index in [1.165, 1.54) is 11.3 Å². The molecule has 0 N–H and O–H groups in total. The minimum absolute atomic E-state index is 0.0356. The lowest BCUT2D eigenvalue weighted by Crippen LogP contribution is -2.34. The number of hydrogen-bond acceptors (Lipinski definition) is 5. The first-order valence-electron chi connectivity index (χ1n) is 8.07. The van der Waals surface area contributed by atoms with Crippen LogP contribution in [0, 0.1) is 6.92 Å². The SMILES string of the molecule is CCN(CCOc1cccc(C)c1)C(=O)c1csc(CN(C)C)n1. The van der Waals surface area contributed by atoms with Crippen molar-refractivity contribution in [3.63, 3.8) is 0 Å². The van der Waals surface area contributed by atoms with Crippen LogP contribution in [0.5, 0.6) is 5.75 Å². The van der Waals surface area contributed by atoms with Gasteiger partial charge in [-0.15, -0.1) is 11.3 Å². The largest absolute Gasteiger partial charge is 0.492 e. The first kappa shape index (κ1) is 18.4. The maximum absolute atomic E-state index is 12.6. The Kier molecular flexibility index (Phi) is 6.75. The second kappa shape index (κ2) is 8.80. The van der Waals surface area contributed by atoms with Crippen LogP contribution >= 0.6 is 11.3 Å². The Morgan fingerprint density at radius 3 is 2.79 bits per heavy atom. The van der Waals surface area contributed by atoms with Gasteiger partial charge in [0, 0.05) is 18.5 Å². The zero-order valence-corrected chi connectivity index (χ0v) is 15.6. The van der Waals surface area contributed by atoms with Crippen molar-refractivity contribution < 1.29 is 9.53 Å². The fraction of sp³-hybridized carbons (Fsp3) is 0.444. The number of benzene rings is 1. The van der Waals surface area contributed by atoms with E-state index in [0.29, 0.717) is 25.4 Å². The van der Waals surface area contributed by atoms with Crippen molar-refractivity contribution in [1.29, 1.82) is 0 Å². The van der Waals surface area contributed by atoms with E-state index in [1.54, 1.807) is 4.90 Å². The van der Waals surface area contributed by atoms with Gasteiger partial charge in [-0.3, -0.25) is 4.79 Å². The van der Waals surface area contributed by atoms with E-state index in [2.05, 4.69) is 4.98 Å². The molecule has 1 aromatic carbocycles. The molecule has 0 atom stereocenters. The zero-order valence-electron chi connectivity index (χ0n) is 14.8. The van der Waals surface area contributed by atoms with E-state index in [-0.39, 0.29) is 5.91 Å². The first-order valence-corrected chi connectivity index (χ1v) is 8.95. The van der Waals surface area contributed by atoms with Gasteiger partial charge >= 0.3 is 0 Å². The van der Waals surface area contributed by atoms with Gasteiger partial charge in [-0.05, 0) is 45.6 Å². The van der Waals surface area contributed by atoms with Gasteiger partial charge in [-0.25, -0.2) is 4.98 Å². The van der Waals surface area contributed by atoms with Crippen molar-refractivity contribution in [2.45, 2.75) is 20.4 Å². The third-order valence-corrected chi connectivity index (χ3v) is 4.34. The highest BCUT2D eigenvalue weighted by Gasteiger charge is 2.17. The molecule has 0 spiro atoms. The van der Waals surface area contributed by atoms with Gasteiger partial charge in [0.05, 0.1) is 6.54 Å². The molecule has 6 heteroatoms. The number of carbonyl (C=O) groups is 1. The molecule has 0 unspecified atom stereocenters. The van der Waals surface area contributed by atoms with Gasteiger partial charge in [-0.1, -0.05) is 12.1 Å². The van der Waals surface area contributed by atoms with Crippen molar-refractivity contribution in [2.75, 3.05) is 33.8 Å². The molecule has 0 radical (unpaired) electrons. The molecule has 5 nitrogen and oxygen atoms in total. The Morgan fingerprint density at radius 2 is 2.12 bits per heavy atom. The molecule has 0 bridgehead atoms. The molecular weight excluding hydrogens is 322 g/mol. The number of likely N-dealkylation sites (N-methyl/N-ethyl adjacent to an activating group) is 1. The minimum atomic E-state index is -0.0356. The fourth-order valence-electron chi connectivity index (χ4n) is 2.30. The topological polar surface area (TPSA) is 45.7 Å². The van der Waals surface area contributed by atoms with Crippen LogP contribution in [0.15, 0.2) is 29.6 Å². The monoisotopic (exact) mass is 347 g/mol. The molecule has 2 rings (SSSR count). The Bertz CT molecular complexity index is 670. The quantitative estimate of drug-likeness (QED) is 0.736. The van der Waals surface area contributed by atoms with E-state index in [1.807, 2.05) is 62.5 Å². The summed E-state index contributed by atoms with van der Waals surface area (Å²) in [5.41, 5.74) is 1.68. The third kappa shape index (κ3) is 5.32. The second-order valence-corrected chi connectivity index (χ2v) is 6.86. The van der Waals surface area contributed by atoms with E-state index < -0.39 is 0 Å². The first-order chi connectivity index (χ1) is 11.5. The second-order valence-electron chi connectivity index (χ2n) is 5.91. The molecule has 0 fully saturated rings. The molecule has 1 heterocycles. The number of carbonyl (C=O) groups excluding carboxylic acids is 1. The molecule has 0 aliphatic carbocycles. The Hall–Kier alpha value is -1.92. The van der Waals surface area contributed by atoms with Crippen LogP contribution in [0.2, 0.25) is 0 Å². The molecule has 2 aromatic rings. The molecule has 0 saturated heterocycles. The number of aryl methyl sites for hydroxylation is 1. The van der Waals surface area contributed by atoms with E-state index in [0.717, 1.165) is 22.9 Å². The summed E-state index contributed by atoms with van der Waals surface area (Å²) >= 11 is 1.52. The number of nitrogens with zero attached hydrogens (tertiary/aromatic N) is 3. The van der Waals surface area contributed by atoms with Crippen LogP contribution in [0.4, 0.5) is 0 Å². The lowest BCUT2D eigenvalue weighted by atomic mass is 10.2. The van der Waals surface area contributed by atoms with Crippen LogP contribution in [-0.2, 0) is 6.54 Å². The molecule has 1 amide bonds. The molecule has 0 aliphatic rings. The number of ether oxygens (including phenoxy) is 1. The molecule has 0 aliphatic heterocycles. The van der Waals surface area contributed by atoms with Gasteiger partial charge in [0.25, 0.3) is 5.91 Å². The highest BCUT2D eigenvalue weighted by atomic mass is 32.1. The van der Waals surface area contributed by atoms with Crippen LogP contribution < -0.4 is 4.74 Å². The number of rotatable bonds is 8. The smallest absolute Gasteiger partial charge is 0.273 e. The summed E-state index contributed by atoms with van der Waals surface area (Å²) in [5, 5.41) is 2.79. The van der Waals surface area contributed by atoms with Crippen molar-refractivity contribution in [1.82, 2.24) is 14.8 Å². The zero-order chi connectivity index (χ0) is 17.5.